The van der Waals surface area contributed by atoms with Crippen molar-refractivity contribution in [2.75, 3.05) is 19.8 Å². The van der Waals surface area contributed by atoms with Gasteiger partial charge in [-0.3, -0.25) is 0 Å². The summed E-state index contributed by atoms with van der Waals surface area (Å²) in [5.41, 5.74) is 3.14. The van der Waals surface area contributed by atoms with Crippen molar-refractivity contribution in [3.63, 3.8) is 0 Å². The number of hydrogen-bond donors (Lipinski definition) is 1. The Morgan fingerprint density at radius 3 is 3.10 bits per heavy atom. The lowest BCUT2D eigenvalue weighted by Gasteiger charge is -2.32. The number of nitrogens with one attached hydrogen (secondary N) is 1. The minimum absolute atomic E-state index is 0.551. The van der Waals surface area contributed by atoms with Gasteiger partial charge >= 0.3 is 0 Å². The molecule has 1 heterocycles. The smallest absolute Gasteiger partial charge is 0.0603 e. The van der Waals surface area contributed by atoms with Crippen molar-refractivity contribution in [2.24, 2.45) is 0 Å². The highest BCUT2D eigenvalue weighted by atomic mass is 32.2. The van der Waals surface area contributed by atoms with Gasteiger partial charge in [0.05, 0.1) is 6.61 Å². The topological polar surface area (TPSA) is 21.3 Å². The van der Waals surface area contributed by atoms with Crippen LogP contribution in [0.1, 0.15) is 37.3 Å². The van der Waals surface area contributed by atoms with Gasteiger partial charge in [-0.25, -0.2) is 0 Å². The molecule has 0 bridgehead atoms. The molecule has 2 aliphatic rings. The third-order valence-electron chi connectivity index (χ3n) is 4.32. The van der Waals surface area contributed by atoms with Crippen molar-refractivity contribution in [3.05, 3.63) is 29.3 Å². The number of aryl methyl sites for hydroxylation is 2. The maximum Gasteiger partial charge on any atom is 0.0603 e. The van der Waals surface area contributed by atoms with E-state index in [2.05, 4.69) is 30.4 Å². The van der Waals surface area contributed by atoms with E-state index in [9.17, 15) is 0 Å². The zero-order chi connectivity index (χ0) is 13.8. The Kier molecular flexibility index (Phi) is 5.03. The molecule has 1 aliphatic carbocycles. The first-order chi connectivity index (χ1) is 9.86. The summed E-state index contributed by atoms with van der Waals surface area (Å²) in [4.78, 5) is 1.42. The van der Waals surface area contributed by atoms with Crippen LogP contribution in [0.2, 0.25) is 0 Å². The van der Waals surface area contributed by atoms with Crippen LogP contribution < -0.4 is 5.32 Å². The van der Waals surface area contributed by atoms with E-state index >= 15 is 0 Å². The zero-order valence-corrected chi connectivity index (χ0v) is 13.2. The van der Waals surface area contributed by atoms with Crippen molar-refractivity contribution < 1.29 is 4.74 Å². The largest absolute Gasteiger partial charge is 0.380 e. The predicted octanol–water partition coefficient (Wildman–Crippen LogP) is 3.42. The molecule has 1 aromatic carbocycles. The van der Waals surface area contributed by atoms with E-state index < -0.39 is 0 Å². The SMILES string of the molecule is CCCNC1CCOCC1Sc1ccc2c(c1)CCC2. The predicted molar refractivity (Wildman–Crippen MR) is 85.6 cm³/mol. The maximum atomic E-state index is 5.70. The second kappa shape index (κ2) is 6.97. The molecule has 0 spiro atoms. The average molecular weight is 291 g/mol. The van der Waals surface area contributed by atoms with Crippen LogP contribution in [0.4, 0.5) is 0 Å². The van der Waals surface area contributed by atoms with Crippen LogP contribution in [-0.4, -0.2) is 31.1 Å². The lowest BCUT2D eigenvalue weighted by Crippen LogP contribution is -2.45. The number of benzene rings is 1. The Morgan fingerprint density at radius 1 is 1.30 bits per heavy atom. The summed E-state index contributed by atoms with van der Waals surface area (Å²) in [6.45, 7) is 5.13. The van der Waals surface area contributed by atoms with Gasteiger partial charge in [-0.1, -0.05) is 13.0 Å². The van der Waals surface area contributed by atoms with Gasteiger partial charge in [0.2, 0.25) is 0 Å². The van der Waals surface area contributed by atoms with Crippen molar-refractivity contribution in [1.29, 1.82) is 0 Å². The Morgan fingerprint density at radius 2 is 2.20 bits per heavy atom. The van der Waals surface area contributed by atoms with Crippen LogP contribution in [0.25, 0.3) is 0 Å². The summed E-state index contributed by atoms with van der Waals surface area (Å²) < 4.78 is 5.70. The Hall–Kier alpha value is -0.510. The normalized spacial score (nSPS) is 25.6. The van der Waals surface area contributed by atoms with Crippen LogP contribution in [0.15, 0.2) is 23.1 Å². The van der Waals surface area contributed by atoms with Gasteiger partial charge in [0.15, 0.2) is 0 Å². The minimum atomic E-state index is 0.551. The first-order valence-electron chi connectivity index (χ1n) is 7.96. The molecule has 2 unspecified atom stereocenters. The molecule has 3 rings (SSSR count). The molecule has 1 N–H and O–H groups in total. The fourth-order valence-corrected chi connectivity index (χ4v) is 4.45. The highest BCUT2D eigenvalue weighted by molar-refractivity contribution is 8.00. The van der Waals surface area contributed by atoms with Gasteiger partial charge < -0.3 is 10.1 Å². The van der Waals surface area contributed by atoms with E-state index in [1.54, 1.807) is 11.1 Å². The third kappa shape index (κ3) is 3.38. The molecular formula is C17H25NOS. The first kappa shape index (κ1) is 14.4. The van der Waals surface area contributed by atoms with Crippen LogP contribution in [-0.2, 0) is 17.6 Å². The third-order valence-corrected chi connectivity index (χ3v) is 5.61. The van der Waals surface area contributed by atoms with Gasteiger partial charge in [0.1, 0.15) is 0 Å². The summed E-state index contributed by atoms with van der Waals surface area (Å²) in [5, 5.41) is 4.24. The number of thioether (sulfide) groups is 1. The van der Waals surface area contributed by atoms with Gasteiger partial charge in [-0.2, -0.15) is 0 Å². The summed E-state index contributed by atoms with van der Waals surface area (Å²) in [7, 11) is 0. The zero-order valence-electron chi connectivity index (χ0n) is 12.4. The standard InChI is InChI=1S/C17H25NOS/c1-2-9-18-16-8-10-19-12-17(16)20-15-7-6-13-4-3-5-14(13)11-15/h6-7,11,16-18H,2-5,8-10,12H2,1H3. The van der Waals surface area contributed by atoms with Gasteiger partial charge in [-0.05, 0) is 61.9 Å². The second-order valence-corrected chi connectivity index (χ2v) is 7.18. The van der Waals surface area contributed by atoms with E-state index in [0.717, 1.165) is 26.2 Å². The molecule has 1 saturated heterocycles. The quantitative estimate of drug-likeness (QED) is 0.898. The fraction of sp³-hybridized carbons (Fsp3) is 0.647. The van der Waals surface area contributed by atoms with Crippen LogP contribution in [0.5, 0.6) is 0 Å². The number of hydrogen-bond acceptors (Lipinski definition) is 3. The molecule has 2 nitrogen and oxygen atoms in total. The molecule has 0 aromatic heterocycles. The van der Waals surface area contributed by atoms with Crippen molar-refractivity contribution >= 4 is 11.8 Å². The number of ether oxygens (including phenoxy) is 1. The monoisotopic (exact) mass is 291 g/mol. The first-order valence-corrected chi connectivity index (χ1v) is 8.84. The summed E-state index contributed by atoms with van der Waals surface area (Å²) in [5.74, 6) is 0. The van der Waals surface area contributed by atoms with E-state index in [-0.39, 0.29) is 0 Å². The minimum Gasteiger partial charge on any atom is -0.380 e. The van der Waals surface area contributed by atoms with Crippen molar-refractivity contribution in [1.82, 2.24) is 5.32 Å². The Balaban J connectivity index is 1.65. The van der Waals surface area contributed by atoms with Crippen molar-refractivity contribution in [3.8, 4) is 0 Å². The summed E-state index contributed by atoms with van der Waals surface area (Å²) in [6.07, 6.45) is 6.21. The highest BCUT2D eigenvalue weighted by Gasteiger charge is 2.26. The van der Waals surface area contributed by atoms with Crippen LogP contribution in [0.3, 0.4) is 0 Å². The second-order valence-electron chi connectivity index (χ2n) is 5.86. The molecule has 1 aromatic rings. The Labute approximate surface area is 126 Å². The molecule has 0 radical (unpaired) electrons. The molecule has 1 fully saturated rings. The molecule has 110 valence electrons. The molecular weight excluding hydrogens is 266 g/mol. The fourth-order valence-electron chi connectivity index (χ4n) is 3.19. The van der Waals surface area contributed by atoms with E-state index in [4.69, 9.17) is 4.74 Å². The van der Waals surface area contributed by atoms with Crippen LogP contribution in [0, 0.1) is 0 Å². The molecule has 0 saturated carbocycles. The van der Waals surface area contributed by atoms with E-state index in [1.165, 1.54) is 30.6 Å². The van der Waals surface area contributed by atoms with Gasteiger partial charge in [0.25, 0.3) is 0 Å². The van der Waals surface area contributed by atoms with E-state index in [0.29, 0.717) is 11.3 Å². The van der Waals surface area contributed by atoms with Gasteiger partial charge in [0, 0.05) is 22.8 Å². The number of rotatable bonds is 5. The van der Waals surface area contributed by atoms with E-state index in [1.807, 2.05) is 11.8 Å². The highest BCUT2D eigenvalue weighted by Crippen LogP contribution is 2.32. The molecule has 20 heavy (non-hydrogen) atoms. The molecule has 0 amide bonds. The molecule has 1 aliphatic heterocycles. The van der Waals surface area contributed by atoms with Crippen molar-refractivity contribution in [2.45, 2.75) is 55.2 Å². The lowest BCUT2D eigenvalue weighted by atomic mass is 10.1. The molecule has 3 heteroatoms. The Bertz CT molecular complexity index is 449. The van der Waals surface area contributed by atoms with Crippen LogP contribution >= 0.6 is 11.8 Å². The summed E-state index contributed by atoms with van der Waals surface area (Å²) >= 11 is 2.00. The average Bonchev–Trinajstić information content (AvgIpc) is 2.94. The summed E-state index contributed by atoms with van der Waals surface area (Å²) in [6, 6.07) is 7.66. The number of fused-ring (bicyclic) bond motifs is 1. The molecule has 2 atom stereocenters. The maximum absolute atomic E-state index is 5.70. The lowest BCUT2D eigenvalue weighted by molar-refractivity contribution is 0.0833. The van der Waals surface area contributed by atoms with Gasteiger partial charge in [-0.15, -0.1) is 11.8 Å².